The van der Waals surface area contributed by atoms with Crippen LogP contribution in [0, 0.1) is 6.92 Å². The van der Waals surface area contributed by atoms with Crippen molar-refractivity contribution in [3.05, 3.63) is 52.3 Å². The van der Waals surface area contributed by atoms with E-state index in [1.54, 1.807) is 35.4 Å². The van der Waals surface area contributed by atoms with Crippen molar-refractivity contribution in [1.82, 2.24) is 9.88 Å². The van der Waals surface area contributed by atoms with Crippen molar-refractivity contribution in [3.8, 4) is 0 Å². The van der Waals surface area contributed by atoms with Crippen LogP contribution in [0.1, 0.15) is 12.5 Å². The van der Waals surface area contributed by atoms with Crippen LogP contribution < -0.4 is 10.6 Å². The number of hydrogen-bond donors (Lipinski definition) is 2. The molecule has 8 heteroatoms. The fraction of sp³-hybridized carbons (Fsp3) is 0.278. The van der Waals surface area contributed by atoms with Crippen LogP contribution in [-0.2, 0) is 9.59 Å². The molecule has 138 valence electrons. The molecule has 1 aromatic heterocycles. The Bertz CT molecular complexity index is 799. The molecule has 2 amide bonds. The number of anilines is 2. The minimum absolute atomic E-state index is 0.0592. The van der Waals surface area contributed by atoms with Crippen molar-refractivity contribution >= 4 is 46.4 Å². The van der Waals surface area contributed by atoms with Crippen LogP contribution in [0.5, 0.6) is 0 Å². The fourth-order valence-corrected chi connectivity index (χ4v) is 2.61. The van der Waals surface area contributed by atoms with E-state index >= 15 is 0 Å². The van der Waals surface area contributed by atoms with Gasteiger partial charge in [-0.2, -0.15) is 0 Å². The second-order valence-electron chi connectivity index (χ2n) is 5.70. The van der Waals surface area contributed by atoms with E-state index in [-0.39, 0.29) is 30.1 Å². The van der Waals surface area contributed by atoms with Gasteiger partial charge in [0.05, 0.1) is 18.8 Å². The molecule has 0 saturated heterocycles. The maximum Gasteiger partial charge on any atom is 0.238 e. The summed E-state index contributed by atoms with van der Waals surface area (Å²) in [6.45, 7) is 4.44. The molecule has 0 aliphatic carbocycles. The summed E-state index contributed by atoms with van der Waals surface area (Å²) >= 11 is 11.9. The van der Waals surface area contributed by atoms with E-state index in [2.05, 4.69) is 15.6 Å². The number of aromatic nitrogens is 1. The van der Waals surface area contributed by atoms with Gasteiger partial charge in [0.2, 0.25) is 11.8 Å². The van der Waals surface area contributed by atoms with Crippen LogP contribution in [0.4, 0.5) is 11.4 Å². The van der Waals surface area contributed by atoms with Crippen molar-refractivity contribution in [2.45, 2.75) is 13.8 Å². The summed E-state index contributed by atoms with van der Waals surface area (Å²) in [5, 5.41) is 6.28. The zero-order chi connectivity index (χ0) is 19.1. The molecule has 0 spiro atoms. The predicted octanol–water partition coefficient (Wildman–Crippen LogP) is 3.60. The SMILES string of the molecule is CCN(CC(=O)Nc1cc(Cl)ccc1C)CC(=O)Nc1cccnc1Cl. The van der Waals surface area contributed by atoms with Crippen molar-refractivity contribution in [2.75, 3.05) is 30.3 Å². The summed E-state index contributed by atoms with van der Waals surface area (Å²) < 4.78 is 0. The Morgan fingerprint density at radius 1 is 1.08 bits per heavy atom. The standard InChI is InChI=1S/C18H20Cl2N4O2/c1-3-24(10-16(25)22-14-5-4-8-21-18(14)20)11-17(26)23-15-9-13(19)7-6-12(15)2/h4-9H,3,10-11H2,1-2H3,(H,22,25)(H,23,26). The second-order valence-corrected chi connectivity index (χ2v) is 6.50. The molecule has 2 rings (SSSR count). The number of amides is 2. The Morgan fingerprint density at radius 2 is 1.73 bits per heavy atom. The molecule has 0 bridgehead atoms. The molecule has 1 aromatic carbocycles. The van der Waals surface area contributed by atoms with E-state index < -0.39 is 0 Å². The van der Waals surface area contributed by atoms with Crippen LogP contribution in [0.2, 0.25) is 10.2 Å². The number of rotatable bonds is 7. The van der Waals surface area contributed by atoms with Crippen LogP contribution in [-0.4, -0.2) is 41.3 Å². The van der Waals surface area contributed by atoms with Crippen molar-refractivity contribution in [3.63, 3.8) is 0 Å². The molecule has 2 N–H and O–H groups in total. The van der Waals surface area contributed by atoms with Crippen LogP contribution in [0.15, 0.2) is 36.5 Å². The largest absolute Gasteiger partial charge is 0.325 e. The number of likely N-dealkylation sites (N-methyl/N-ethyl adjacent to an activating group) is 1. The average Bonchev–Trinajstić information content (AvgIpc) is 2.59. The Balaban J connectivity index is 1.91. The van der Waals surface area contributed by atoms with E-state index in [1.165, 1.54) is 0 Å². The molecule has 0 radical (unpaired) electrons. The Hall–Kier alpha value is -2.15. The quantitative estimate of drug-likeness (QED) is 0.703. The van der Waals surface area contributed by atoms with Gasteiger partial charge in [0.15, 0.2) is 5.15 Å². The lowest BCUT2D eigenvalue weighted by molar-refractivity contribution is -0.119. The van der Waals surface area contributed by atoms with Crippen LogP contribution in [0.25, 0.3) is 0 Å². The molecule has 2 aromatic rings. The summed E-state index contributed by atoms with van der Waals surface area (Å²) in [4.78, 5) is 30.1. The van der Waals surface area contributed by atoms with Gasteiger partial charge in [0.1, 0.15) is 0 Å². The summed E-state index contributed by atoms with van der Waals surface area (Å²) in [5.41, 5.74) is 2.01. The zero-order valence-corrected chi connectivity index (χ0v) is 16.1. The molecule has 26 heavy (non-hydrogen) atoms. The molecule has 0 saturated carbocycles. The maximum absolute atomic E-state index is 12.3. The van der Waals surface area contributed by atoms with Gasteiger partial charge >= 0.3 is 0 Å². The smallest absolute Gasteiger partial charge is 0.238 e. The van der Waals surface area contributed by atoms with Crippen molar-refractivity contribution in [1.29, 1.82) is 0 Å². The summed E-state index contributed by atoms with van der Waals surface area (Å²) in [7, 11) is 0. The minimum Gasteiger partial charge on any atom is -0.325 e. The molecule has 0 unspecified atom stereocenters. The average molecular weight is 395 g/mol. The van der Waals surface area contributed by atoms with Crippen LogP contribution >= 0.6 is 23.2 Å². The predicted molar refractivity (Wildman–Crippen MR) is 105 cm³/mol. The Labute approximate surface area is 162 Å². The van der Waals surface area contributed by atoms with Gasteiger partial charge < -0.3 is 10.6 Å². The molecule has 0 atom stereocenters. The highest BCUT2D eigenvalue weighted by Gasteiger charge is 2.15. The van der Waals surface area contributed by atoms with Crippen molar-refractivity contribution < 1.29 is 9.59 Å². The van der Waals surface area contributed by atoms with Gasteiger partial charge in [-0.1, -0.05) is 36.2 Å². The Kier molecular flexibility index (Phi) is 7.38. The van der Waals surface area contributed by atoms with Gasteiger partial charge in [-0.25, -0.2) is 4.98 Å². The number of benzene rings is 1. The fourth-order valence-electron chi connectivity index (χ4n) is 2.27. The zero-order valence-electron chi connectivity index (χ0n) is 14.6. The molecular weight excluding hydrogens is 375 g/mol. The highest BCUT2D eigenvalue weighted by molar-refractivity contribution is 6.32. The van der Waals surface area contributed by atoms with Gasteiger partial charge in [-0.15, -0.1) is 0 Å². The molecule has 0 aliphatic rings. The molecular formula is C18H20Cl2N4O2. The first kappa shape index (κ1) is 20.2. The molecule has 1 heterocycles. The topological polar surface area (TPSA) is 74.3 Å². The lowest BCUT2D eigenvalue weighted by Crippen LogP contribution is -2.38. The minimum atomic E-state index is -0.270. The van der Waals surface area contributed by atoms with Gasteiger partial charge in [-0.05, 0) is 43.3 Å². The van der Waals surface area contributed by atoms with E-state index in [4.69, 9.17) is 23.2 Å². The third-order valence-corrected chi connectivity index (χ3v) is 4.22. The number of hydrogen-bond acceptors (Lipinski definition) is 4. The molecule has 6 nitrogen and oxygen atoms in total. The van der Waals surface area contributed by atoms with E-state index in [1.807, 2.05) is 19.9 Å². The van der Waals surface area contributed by atoms with Gasteiger partial charge in [0.25, 0.3) is 0 Å². The Morgan fingerprint density at radius 3 is 2.35 bits per heavy atom. The number of aryl methyl sites for hydroxylation is 1. The van der Waals surface area contributed by atoms with E-state index in [9.17, 15) is 9.59 Å². The number of nitrogens with one attached hydrogen (secondary N) is 2. The summed E-state index contributed by atoms with van der Waals surface area (Å²) in [6.07, 6.45) is 1.54. The second kappa shape index (κ2) is 9.52. The first-order valence-corrected chi connectivity index (χ1v) is 8.83. The van der Waals surface area contributed by atoms with Gasteiger partial charge in [-0.3, -0.25) is 14.5 Å². The molecule has 0 fully saturated rings. The third kappa shape index (κ3) is 5.98. The van der Waals surface area contributed by atoms with E-state index in [0.717, 1.165) is 5.56 Å². The van der Waals surface area contributed by atoms with E-state index in [0.29, 0.717) is 22.9 Å². The lowest BCUT2D eigenvalue weighted by atomic mass is 10.2. The maximum atomic E-state index is 12.3. The highest BCUT2D eigenvalue weighted by atomic mass is 35.5. The lowest BCUT2D eigenvalue weighted by Gasteiger charge is -2.20. The number of halogens is 2. The summed E-state index contributed by atoms with van der Waals surface area (Å²) in [5.74, 6) is -0.488. The van der Waals surface area contributed by atoms with Crippen LogP contribution in [0.3, 0.4) is 0 Å². The number of nitrogens with zero attached hydrogens (tertiary/aromatic N) is 2. The monoisotopic (exact) mass is 394 g/mol. The normalized spacial score (nSPS) is 10.7. The molecule has 0 aliphatic heterocycles. The summed E-state index contributed by atoms with van der Waals surface area (Å²) in [6, 6.07) is 8.64. The first-order chi connectivity index (χ1) is 12.4. The van der Waals surface area contributed by atoms with Gasteiger partial charge in [0, 0.05) is 16.9 Å². The highest BCUT2D eigenvalue weighted by Crippen LogP contribution is 2.20. The number of carbonyl (C=O) groups is 2. The number of carbonyl (C=O) groups excluding carboxylic acids is 2. The van der Waals surface area contributed by atoms with Crippen molar-refractivity contribution in [2.24, 2.45) is 0 Å². The number of pyridine rings is 1. The third-order valence-electron chi connectivity index (χ3n) is 3.69. The first-order valence-electron chi connectivity index (χ1n) is 8.07.